The Labute approximate surface area is 524 Å². The summed E-state index contributed by atoms with van der Waals surface area (Å²) in [7, 11) is -5.11. The van der Waals surface area contributed by atoms with E-state index in [0.717, 1.165) is 103 Å². The smallest absolute Gasteiger partial charge is 0.832 e. The molecule has 17 heteroatoms. The summed E-state index contributed by atoms with van der Waals surface area (Å²) in [4.78, 5) is 0. The third kappa shape index (κ3) is 94.5. The van der Waals surface area contributed by atoms with Crippen LogP contribution >= 0.6 is 0 Å². The van der Waals surface area contributed by atoms with Gasteiger partial charge in [-0.1, -0.05) is 312 Å². The molecule has 0 aliphatic rings. The zero-order valence-electron chi connectivity index (χ0n) is 55.3. The molecule has 0 aromatic rings. The molecule has 0 radical (unpaired) electrons. The molecule has 0 unspecified atom stereocenters. The molecule has 480 valence electrons. The number of unbranched alkanes of at least 4 members (excludes halogenated alkanes) is 40. The fraction of sp³-hybridized carbons (Fsp3) is 1.00. The summed E-state index contributed by atoms with van der Waals surface area (Å²) >= 11 is 0. The molecule has 0 aliphatic heterocycles. The molecular weight excluding hydrogens is 1120 g/mol. The fourth-order valence-corrected chi connectivity index (χ4v) is 8.69. The largest absolute Gasteiger partial charge is 4.00 e. The van der Waals surface area contributed by atoms with Gasteiger partial charge in [0.1, 0.15) is 0 Å². The molecule has 81 heavy (non-hydrogen) atoms. The Kier molecular flexibility index (Phi) is 97.0. The normalized spacial score (nSPS) is 10.8. The van der Waals surface area contributed by atoms with Gasteiger partial charge in [0.15, 0.2) is 0 Å². The summed E-state index contributed by atoms with van der Waals surface area (Å²) < 4.78 is 40.9. The van der Waals surface area contributed by atoms with Gasteiger partial charge in [-0.3, -0.25) is 0 Å². The van der Waals surface area contributed by atoms with Crippen molar-refractivity contribution in [1.29, 1.82) is 0 Å². The number of hydrogen-bond donors (Lipinski definition) is 0. The Balaban J connectivity index is -0.000000316. The summed E-state index contributed by atoms with van der Waals surface area (Å²) in [6, 6.07) is 0. The molecule has 0 N–H and O–H groups in total. The molecule has 0 saturated heterocycles. The third-order valence-corrected chi connectivity index (χ3v) is 14.0. The molecule has 0 bridgehead atoms. The van der Waals surface area contributed by atoms with Crippen LogP contribution in [0.4, 0.5) is 0 Å². The second kappa shape index (κ2) is 87.0. The molecule has 12 nitrogen and oxygen atoms in total. The molecular formula is C64H136B4O12Sn. The Morgan fingerprint density at radius 2 is 0.247 bits per heavy atom. The van der Waals surface area contributed by atoms with Gasteiger partial charge in [-0.25, -0.2) is 0 Å². The minimum Gasteiger partial charge on any atom is -0.832 e. The first kappa shape index (κ1) is 90.3. The van der Waals surface area contributed by atoms with E-state index in [-0.39, 0.29) is 23.9 Å². The van der Waals surface area contributed by atoms with Crippen LogP contribution in [0, 0.1) is 0 Å². The van der Waals surface area contributed by atoms with Crippen LogP contribution < -0.4 is 20.1 Å². The Morgan fingerprint density at radius 1 is 0.160 bits per heavy atom. The summed E-state index contributed by atoms with van der Waals surface area (Å²) in [5.41, 5.74) is 0. The van der Waals surface area contributed by atoms with Gasteiger partial charge in [0, 0.05) is 52.9 Å². The first-order valence-electron chi connectivity index (χ1n) is 34.8. The summed E-state index contributed by atoms with van der Waals surface area (Å²) in [6.45, 7) is 22.0. The Morgan fingerprint density at radius 3 is 0.346 bits per heavy atom. The topological polar surface area (TPSA) is 166 Å². The van der Waals surface area contributed by atoms with E-state index in [0.29, 0.717) is 52.9 Å². The molecule has 0 amide bonds. The van der Waals surface area contributed by atoms with Crippen molar-refractivity contribution in [2.24, 2.45) is 0 Å². The standard InChI is InChI=1S/4C16H34BO3.Sn/c4*1-3-5-7-9-11-13-15-19-17(18)20-16-14-12-10-8-6-4-2;/h4*3-16H2,1-2H3;/q4*-1;+4. The van der Waals surface area contributed by atoms with Gasteiger partial charge in [-0.2, -0.15) is 0 Å². The monoisotopic (exact) mass is 1260 g/mol. The molecule has 0 aliphatic carbocycles. The van der Waals surface area contributed by atoms with Crippen molar-refractivity contribution in [3.8, 4) is 0 Å². The minimum atomic E-state index is -1.28. The summed E-state index contributed by atoms with van der Waals surface area (Å²) in [6.07, 6.45) is 58.1. The predicted octanol–water partition coefficient (Wildman–Crippen LogP) is 16.0. The fourth-order valence-electron chi connectivity index (χ4n) is 8.69. The van der Waals surface area contributed by atoms with Crippen LogP contribution in [0.25, 0.3) is 0 Å². The first-order chi connectivity index (χ1) is 39.2. The van der Waals surface area contributed by atoms with E-state index in [1.807, 2.05) is 0 Å². The minimum absolute atomic E-state index is 0. The van der Waals surface area contributed by atoms with Crippen molar-refractivity contribution in [2.75, 3.05) is 52.9 Å². The van der Waals surface area contributed by atoms with Gasteiger partial charge in [0.2, 0.25) is 0 Å². The quantitative estimate of drug-likeness (QED) is 0.0418. The predicted molar refractivity (Wildman–Crippen MR) is 343 cm³/mol. The molecule has 0 atom stereocenters. The Hall–Kier alpha value is 0.578. The van der Waals surface area contributed by atoms with Gasteiger partial charge in [0.25, 0.3) is 0 Å². The molecule has 0 rings (SSSR count). The summed E-state index contributed by atoms with van der Waals surface area (Å²) in [5, 5.41) is 45.4. The van der Waals surface area contributed by atoms with Gasteiger partial charge in [-0.05, 0) is 51.4 Å². The average molecular weight is 1260 g/mol. The molecule has 0 spiro atoms. The summed E-state index contributed by atoms with van der Waals surface area (Å²) in [5.74, 6) is 0. The van der Waals surface area contributed by atoms with E-state index in [1.54, 1.807) is 0 Å². The van der Waals surface area contributed by atoms with Crippen molar-refractivity contribution >= 4 is 53.2 Å². The molecule has 0 aromatic carbocycles. The van der Waals surface area contributed by atoms with Crippen LogP contribution in [0.15, 0.2) is 0 Å². The van der Waals surface area contributed by atoms with E-state index in [1.165, 1.54) is 205 Å². The van der Waals surface area contributed by atoms with Crippen LogP contribution in [0.3, 0.4) is 0 Å². The van der Waals surface area contributed by atoms with E-state index < -0.39 is 29.3 Å². The van der Waals surface area contributed by atoms with Gasteiger partial charge >= 0.3 is 53.2 Å². The zero-order valence-corrected chi connectivity index (χ0v) is 58.2. The maximum Gasteiger partial charge on any atom is 4.00 e. The SMILES string of the molecule is CCCCCCCCOB([O-])OCCCCCCCC.CCCCCCCCOB([O-])OCCCCCCCC.CCCCCCCCOB([O-])OCCCCCCCC.CCCCCCCCOB([O-])OCCCCCCCC.[Sn+4]. The maximum absolute atomic E-state index is 11.4. The second-order valence-corrected chi connectivity index (χ2v) is 22.3. The van der Waals surface area contributed by atoms with Gasteiger partial charge < -0.3 is 57.3 Å². The van der Waals surface area contributed by atoms with Crippen LogP contribution in [0.1, 0.15) is 364 Å². The van der Waals surface area contributed by atoms with E-state index in [9.17, 15) is 20.1 Å². The zero-order chi connectivity index (χ0) is 59.6. The van der Waals surface area contributed by atoms with Crippen molar-refractivity contribution in [2.45, 2.75) is 364 Å². The van der Waals surface area contributed by atoms with E-state index in [2.05, 4.69) is 55.4 Å². The number of rotatable bonds is 64. The molecule has 0 fully saturated rings. The van der Waals surface area contributed by atoms with Crippen LogP contribution in [0.5, 0.6) is 0 Å². The van der Waals surface area contributed by atoms with E-state index in [4.69, 9.17) is 37.2 Å². The van der Waals surface area contributed by atoms with Crippen LogP contribution in [-0.4, -0.2) is 106 Å². The second-order valence-electron chi connectivity index (χ2n) is 22.3. The Bertz CT molecular complexity index is 804. The molecule has 0 aromatic heterocycles. The van der Waals surface area contributed by atoms with Crippen molar-refractivity contribution in [3.05, 3.63) is 0 Å². The van der Waals surface area contributed by atoms with Crippen LogP contribution in [-0.2, 0) is 37.2 Å². The van der Waals surface area contributed by atoms with Crippen molar-refractivity contribution < 1.29 is 57.3 Å². The molecule has 0 heterocycles. The van der Waals surface area contributed by atoms with Crippen molar-refractivity contribution in [3.63, 3.8) is 0 Å². The maximum atomic E-state index is 11.4. The average Bonchev–Trinajstić information content (AvgIpc) is 3.45. The van der Waals surface area contributed by atoms with E-state index >= 15 is 0 Å². The van der Waals surface area contributed by atoms with Crippen LogP contribution in [0.2, 0.25) is 0 Å². The van der Waals surface area contributed by atoms with Gasteiger partial charge in [0.05, 0.1) is 0 Å². The molecule has 0 saturated carbocycles. The first-order valence-corrected chi connectivity index (χ1v) is 34.8. The number of hydrogen-bond acceptors (Lipinski definition) is 12. The van der Waals surface area contributed by atoms with Crippen molar-refractivity contribution in [1.82, 2.24) is 0 Å². The van der Waals surface area contributed by atoms with Gasteiger partial charge in [-0.15, -0.1) is 0 Å². The third-order valence-electron chi connectivity index (χ3n) is 14.0.